The molecule has 6 heteroatoms. The summed E-state index contributed by atoms with van der Waals surface area (Å²) in [5.41, 5.74) is 3.06. The molecule has 1 saturated heterocycles. The molecule has 25 heavy (non-hydrogen) atoms. The lowest BCUT2D eigenvalue weighted by atomic mass is 10.1. The highest BCUT2D eigenvalue weighted by molar-refractivity contribution is 6.30. The summed E-state index contributed by atoms with van der Waals surface area (Å²) in [6.45, 7) is 1.66. The molecular weight excluding hydrogens is 340 g/mol. The Kier molecular flexibility index (Phi) is 4.51. The number of ether oxygens (including phenoxy) is 2. The Balaban J connectivity index is 1.60. The van der Waals surface area contributed by atoms with E-state index in [0.717, 1.165) is 30.8 Å². The molecule has 1 unspecified atom stereocenters. The van der Waals surface area contributed by atoms with Crippen molar-refractivity contribution >= 4 is 17.3 Å². The van der Waals surface area contributed by atoms with E-state index >= 15 is 0 Å². The maximum Gasteiger partial charge on any atom is 0.163 e. The fraction of sp³-hybridized carbons (Fsp3) is 0.316. The number of nitrogens with zero attached hydrogens (tertiary/aromatic N) is 1. The van der Waals surface area contributed by atoms with Gasteiger partial charge in [-0.15, -0.1) is 0 Å². The van der Waals surface area contributed by atoms with Crippen LogP contribution in [-0.4, -0.2) is 38.1 Å². The number of nitrogens with one attached hydrogen (secondary N) is 1. The van der Waals surface area contributed by atoms with Crippen LogP contribution in [0.1, 0.15) is 11.1 Å². The van der Waals surface area contributed by atoms with Gasteiger partial charge in [-0.3, -0.25) is 0 Å². The first-order chi connectivity index (χ1) is 12.2. The molecule has 0 aromatic heterocycles. The minimum Gasteiger partial charge on any atom is -0.484 e. The van der Waals surface area contributed by atoms with E-state index < -0.39 is 0 Å². The number of rotatable bonds is 5. The topological polar surface area (TPSA) is 52.1 Å². The Morgan fingerprint density at radius 3 is 2.68 bits per heavy atom. The van der Waals surface area contributed by atoms with E-state index in [4.69, 9.17) is 25.9 Å². The van der Waals surface area contributed by atoms with Crippen LogP contribution in [0.3, 0.4) is 0 Å². The standard InChI is InChI=1S/C19H19ClN2O3/c1-23-22-19-15-5-3-2-4-12(15)8-18(19)25-16-7-6-13(20)9-17(16)24-14-10-21-11-14/h2-7,9,14,18,21H,8,10-11H2,1H3. The summed E-state index contributed by atoms with van der Waals surface area (Å²) in [6.07, 6.45) is 0.667. The highest BCUT2D eigenvalue weighted by atomic mass is 35.5. The molecule has 1 aliphatic heterocycles. The molecule has 2 aromatic carbocycles. The number of oxime groups is 1. The van der Waals surface area contributed by atoms with Crippen molar-refractivity contribution in [1.29, 1.82) is 0 Å². The maximum absolute atomic E-state index is 6.26. The van der Waals surface area contributed by atoms with Gasteiger partial charge in [-0.25, -0.2) is 0 Å². The lowest BCUT2D eigenvalue weighted by Gasteiger charge is -2.29. The SMILES string of the molecule is CON=C1c2ccccc2CC1Oc1ccc(Cl)cc1OC1CNC1. The predicted octanol–water partition coefficient (Wildman–Crippen LogP) is 3.04. The first-order valence-electron chi connectivity index (χ1n) is 8.27. The molecule has 2 aromatic rings. The molecule has 1 N–H and O–H groups in total. The van der Waals surface area contributed by atoms with Gasteiger partial charge in [-0.05, 0) is 17.7 Å². The van der Waals surface area contributed by atoms with Crippen LogP contribution in [-0.2, 0) is 11.3 Å². The van der Waals surface area contributed by atoms with Gasteiger partial charge in [0.1, 0.15) is 25.0 Å². The van der Waals surface area contributed by atoms with Gasteiger partial charge in [0.2, 0.25) is 0 Å². The molecule has 2 aliphatic rings. The molecule has 0 radical (unpaired) electrons. The molecular formula is C19H19ClN2O3. The zero-order chi connectivity index (χ0) is 17.2. The smallest absolute Gasteiger partial charge is 0.163 e. The molecule has 1 heterocycles. The van der Waals surface area contributed by atoms with Crippen LogP contribution >= 0.6 is 11.6 Å². The second-order valence-corrected chi connectivity index (χ2v) is 6.55. The third kappa shape index (κ3) is 3.30. The van der Waals surface area contributed by atoms with Crippen LogP contribution in [0.4, 0.5) is 0 Å². The van der Waals surface area contributed by atoms with Crippen molar-refractivity contribution < 1.29 is 14.3 Å². The zero-order valence-corrected chi connectivity index (χ0v) is 14.6. The summed E-state index contributed by atoms with van der Waals surface area (Å²) in [5.74, 6) is 1.32. The monoisotopic (exact) mass is 358 g/mol. The summed E-state index contributed by atoms with van der Waals surface area (Å²) in [6, 6.07) is 13.6. The molecule has 0 saturated carbocycles. The Morgan fingerprint density at radius 1 is 1.08 bits per heavy atom. The van der Waals surface area contributed by atoms with Crippen molar-refractivity contribution in [2.24, 2.45) is 5.16 Å². The summed E-state index contributed by atoms with van der Waals surface area (Å²) in [5, 5.41) is 8.00. The van der Waals surface area contributed by atoms with Crippen molar-refractivity contribution in [2.45, 2.75) is 18.6 Å². The van der Waals surface area contributed by atoms with Crippen molar-refractivity contribution in [2.75, 3.05) is 20.2 Å². The zero-order valence-electron chi connectivity index (χ0n) is 13.9. The molecule has 130 valence electrons. The Labute approximate surface area is 151 Å². The number of hydrogen-bond acceptors (Lipinski definition) is 5. The van der Waals surface area contributed by atoms with E-state index in [1.165, 1.54) is 5.56 Å². The molecule has 0 bridgehead atoms. The minimum absolute atomic E-state index is 0.147. The minimum atomic E-state index is -0.222. The highest BCUT2D eigenvalue weighted by Crippen LogP contribution is 2.35. The maximum atomic E-state index is 6.26. The number of benzene rings is 2. The molecule has 1 fully saturated rings. The fourth-order valence-corrected chi connectivity index (χ4v) is 3.23. The van der Waals surface area contributed by atoms with E-state index in [0.29, 0.717) is 16.5 Å². The van der Waals surface area contributed by atoms with Crippen LogP contribution in [0.2, 0.25) is 5.02 Å². The number of hydrogen-bond donors (Lipinski definition) is 1. The molecule has 1 aliphatic carbocycles. The lowest BCUT2D eigenvalue weighted by molar-refractivity contribution is 0.132. The van der Waals surface area contributed by atoms with Crippen LogP contribution < -0.4 is 14.8 Å². The van der Waals surface area contributed by atoms with Crippen molar-refractivity contribution in [1.82, 2.24) is 5.32 Å². The van der Waals surface area contributed by atoms with Crippen LogP contribution in [0.5, 0.6) is 11.5 Å². The largest absolute Gasteiger partial charge is 0.484 e. The van der Waals surface area contributed by atoms with E-state index in [-0.39, 0.29) is 12.2 Å². The summed E-state index contributed by atoms with van der Waals surface area (Å²) in [4.78, 5) is 5.04. The van der Waals surface area contributed by atoms with Gasteiger partial charge in [0.05, 0.1) is 0 Å². The Bertz CT molecular complexity index is 805. The number of fused-ring (bicyclic) bond motifs is 1. The highest BCUT2D eigenvalue weighted by Gasteiger charge is 2.32. The summed E-state index contributed by atoms with van der Waals surface area (Å²) in [7, 11) is 1.55. The van der Waals surface area contributed by atoms with Crippen LogP contribution in [0.25, 0.3) is 0 Å². The Hall–Kier alpha value is -2.24. The van der Waals surface area contributed by atoms with Gasteiger partial charge < -0.3 is 19.6 Å². The van der Waals surface area contributed by atoms with E-state index in [2.05, 4.69) is 16.5 Å². The first-order valence-corrected chi connectivity index (χ1v) is 8.65. The third-order valence-electron chi connectivity index (χ3n) is 4.41. The second-order valence-electron chi connectivity index (χ2n) is 6.12. The first kappa shape index (κ1) is 16.2. The second kappa shape index (κ2) is 6.94. The average molecular weight is 359 g/mol. The summed E-state index contributed by atoms with van der Waals surface area (Å²) >= 11 is 6.13. The predicted molar refractivity (Wildman–Crippen MR) is 96.8 cm³/mol. The van der Waals surface area contributed by atoms with Crippen LogP contribution in [0.15, 0.2) is 47.6 Å². The average Bonchev–Trinajstić information content (AvgIpc) is 2.91. The van der Waals surface area contributed by atoms with Gasteiger partial charge >= 0.3 is 0 Å². The van der Waals surface area contributed by atoms with Gasteiger partial charge in [0.15, 0.2) is 11.5 Å². The van der Waals surface area contributed by atoms with E-state index in [1.807, 2.05) is 24.3 Å². The van der Waals surface area contributed by atoms with Crippen molar-refractivity contribution in [3.8, 4) is 11.5 Å². The van der Waals surface area contributed by atoms with Crippen molar-refractivity contribution in [3.63, 3.8) is 0 Å². The van der Waals surface area contributed by atoms with Gasteiger partial charge in [0.25, 0.3) is 0 Å². The van der Waals surface area contributed by atoms with Crippen molar-refractivity contribution in [3.05, 3.63) is 58.6 Å². The number of halogens is 1. The third-order valence-corrected chi connectivity index (χ3v) is 4.64. The fourth-order valence-electron chi connectivity index (χ4n) is 3.07. The van der Waals surface area contributed by atoms with Gasteiger partial charge in [-0.1, -0.05) is 41.0 Å². The van der Waals surface area contributed by atoms with Gasteiger partial charge in [-0.2, -0.15) is 0 Å². The molecule has 0 spiro atoms. The molecule has 0 amide bonds. The van der Waals surface area contributed by atoms with Crippen LogP contribution in [0, 0.1) is 0 Å². The molecule has 1 atom stereocenters. The van der Waals surface area contributed by atoms with E-state index in [9.17, 15) is 0 Å². The van der Waals surface area contributed by atoms with E-state index in [1.54, 1.807) is 19.2 Å². The Morgan fingerprint density at radius 2 is 1.92 bits per heavy atom. The molecule has 4 rings (SSSR count). The quantitative estimate of drug-likeness (QED) is 0.835. The van der Waals surface area contributed by atoms with Gasteiger partial charge in [0, 0.05) is 36.2 Å². The summed E-state index contributed by atoms with van der Waals surface area (Å²) < 4.78 is 12.3. The molecule has 5 nitrogen and oxygen atoms in total. The lowest BCUT2D eigenvalue weighted by Crippen LogP contribution is -2.50. The normalized spacial score (nSPS) is 20.9.